The van der Waals surface area contributed by atoms with Crippen LogP contribution in [0.1, 0.15) is 28.9 Å². The van der Waals surface area contributed by atoms with Crippen molar-refractivity contribution < 1.29 is 13.8 Å². The quantitative estimate of drug-likeness (QED) is 0.326. The van der Waals surface area contributed by atoms with Gasteiger partial charge in [-0.05, 0) is 60.2 Å². The largest absolute Gasteiger partial charge is 0.319 e. The molecule has 1 saturated carbocycles. The van der Waals surface area contributed by atoms with Crippen LogP contribution in [0.2, 0.25) is 0 Å². The van der Waals surface area contributed by atoms with E-state index in [1.54, 1.807) is 24.5 Å². The highest BCUT2D eigenvalue weighted by Crippen LogP contribution is 2.31. The third-order valence-corrected chi connectivity index (χ3v) is 6.30. The number of ketones is 1. The molecule has 3 N–H and O–H groups in total. The molecule has 1 unspecified atom stereocenters. The number of H-pyrrole nitrogens is 1. The van der Waals surface area contributed by atoms with Crippen molar-refractivity contribution in [2.75, 3.05) is 16.3 Å². The van der Waals surface area contributed by atoms with E-state index in [1.807, 2.05) is 24.3 Å². The minimum absolute atomic E-state index is 0.210. The average molecular weight is 489 g/mol. The van der Waals surface area contributed by atoms with Crippen LogP contribution in [0.5, 0.6) is 0 Å². The van der Waals surface area contributed by atoms with Gasteiger partial charge in [0.25, 0.3) is 5.91 Å². The summed E-state index contributed by atoms with van der Waals surface area (Å²) in [7, 11) is -2.45. The van der Waals surface area contributed by atoms with Gasteiger partial charge in [0.2, 0.25) is 0 Å². The van der Waals surface area contributed by atoms with Crippen LogP contribution in [0.4, 0.5) is 11.5 Å². The Morgan fingerprint density at radius 1 is 1.11 bits per heavy atom. The third-order valence-electron chi connectivity index (χ3n) is 5.66. The number of nitrogens with zero attached hydrogens (tertiary/aromatic N) is 3. The molecule has 9 nitrogen and oxygen atoms in total. The Hall–Kier alpha value is -4.05. The highest BCUT2D eigenvalue weighted by atomic mass is 32.2. The van der Waals surface area contributed by atoms with Crippen molar-refractivity contribution in [3.05, 3.63) is 66.2 Å². The van der Waals surface area contributed by atoms with E-state index in [0.717, 1.165) is 35.0 Å². The van der Waals surface area contributed by atoms with Crippen molar-refractivity contribution in [2.45, 2.75) is 19.3 Å². The van der Waals surface area contributed by atoms with Crippen molar-refractivity contribution in [1.82, 2.24) is 20.2 Å². The number of nitrogens with one attached hydrogen (secondary N) is 3. The van der Waals surface area contributed by atoms with Gasteiger partial charge in [0.05, 0.1) is 17.4 Å². The summed E-state index contributed by atoms with van der Waals surface area (Å²) in [6.07, 6.45) is 8.77. The number of aromatic nitrogens is 4. The molecule has 0 bridgehead atoms. The van der Waals surface area contributed by atoms with E-state index in [2.05, 4.69) is 36.1 Å². The minimum atomic E-state index is -2.45. The molecule has 178 valence electrons. The summed E-state index contributed by atoms with van der Waals surface area (Å²) < 4.78 is 14.5. The number of aromatic amines is 1. The van der Waals surface area contributed by atoms with Gasteiger partial charge in [0.1, 0.15) is 11.6 Å². The fourth-order valence-corrected chi connectivity index (χ4v) is 4.36. The molecule has 0 aliphatic heterocycles. The zero-order valence-corrected chi connectivity index (χ0v) is 19.9. The molecule has 0 saturated heterocycles. The van der Waals surface area contributed by atoms with Crippen molar-refractivity contribution >= 4 is 49.7 Å². The van der Waals surface area contributed by atoms with Crippen LogP contribution in [0.15, 0.2) is 55.0 Å². The van der Waals surface area contributed by atoms with E-state index in [4.69, 9.17) is 0 Å². The number of pyridine rings is 2. The Labute approximate surface area is 202 Å². The fourth-order valence-electron chi connectivity index (χ4n) is 3.80. The molecule has 5 rings (SSSR count). The Morgan fingerprint density at radius 3 is 2.66 bits per heavy atom. The standard InChI is InChI=1S/C25H24N6O3S/c1-35(2,34)31-23-8-6-19(14-27-23)28-25(33)24-20-11-17(5-7-21(20)29-30-24)18-9-15(12-26-13-18)10-22(32)16-3-4-16/h5-9,11-14,16H,1,3-4,10H2,2H3,(H,28,33)(H,29,30)(H,27,31,34). The lowest BCUT2D eigenvalue weighted by Gasteiger charge is -2.08. The summed E-state index contributed by atoms with van der Waals surface area (Å²) in [5, 5.41) is 10.5. The van der Waals surface area contributed by atoms with Gasteiger partial charge >= 0.3 is 0 Å². The number of Topliss-reactive ketones (excluding diaryl/α,β-unsaturated/α-hetero) is 1. The first-order valence-electron chi connectivity index (χ1n) is 11.1. The first-order valence-corrected chi connectivity index (χ1v) is 13.2. The summed E-state index contributed by atoms with van der Waals surface area (Å²) >= 11 is 0. The topological polar surface area (TPSA) is 130 Å². The highest BCUT2D eigenvalue weighted by molar-refractivity contribution is 8.00. The maximum Gasteiger partial charge on any atom is 0.276 e. The first-order chi connectivity index (χ1) is 16.7. The summed E-state index contributed by atoms with van der Waals surface area (Å²) in [4.78, 5) is 33.6. The number of fused-ring (bicyclic) bond motifs is 1. The van der Waals surface area contributed by atoms with Crippen molar-refractivity contribution in [3.63, 3.8) is 0 Å². The van der Waals surface area contributed by atoms with Gasteiger partial charge in [-0.15, -0.1) is 0 Å². The van der Waals surface area contributed by atoms with Gasteiger partial charge in [-0.2, -0.15) is 5.10 Å². The summed E-state index contributed by atoms with van der Waals surface area (Å²) in [5.74, 6) is 4.01. The Bertz CT molecular complexity index is 1540. The summed E-state index contributed by atoms with van der Waals surface area (Å²) in [5.41, 5.74) is 4.05. The first kappa shape index (κ1) is 22.7. The maximum atomic E-state index is 13.0. The van der Waals surface area contributed by atoms with Crippen LogP contribution < -0.4 is 10.0 Å². The zero-order chi connectivity index (χ0) is 24.6. The fraction of sp³-hybridized carbons (Fsp3) is 0.200. The SMILES string of the molecule is C=S(C)(=O)Nc1ccc(NC(=O)c2n[nH]c3ccc(-c4cncc(CC(=O)C5CC5)c4)cc23)cn1. The second-order valence-electron chi connectivity index (χ2n) is 8.83. The summed E-state index contributed by atoms with van der Waals surface area (Å²) in [6.45, 7) is 0. The molecule has 0 spiro atoms. The number of hydrogen-bond donors (Lipinski definition) is 3. The summed E-state index contributed by atoms with van der Waals surface area (Å²) in [6, 6.07) is 10.9. The van der Waals surface area contributed by atoms with Crippen molar-refractivity contribution in [3.8, 4) is 11.1 Å². The Kier molecular flexibility index (Phi) is 5.81. The number of amides is 1. The molecular weight excluding hydrogens is 464 g/mol. The van der Waals surface area contributed by atoms with Crippen LogP contribution in [-0.4, -0.2) is 48.2 Å². The molecule has 10 heteroatoms. The number of anilines is 2. The van der Waals surface area contributed by atoms with Gasteiger partial charge in [-0.25, -0.2) is 9.19 Å². The van der Waals surface area contributed by atoms with E-state index < -0.39 is 15.6 Å². The molecule has 0 radical (unpaired) electrons. The predicted octanol–water partition coefficient (Wildman–Crippen LogP) is 3.47. The molecular formula is C25H24N6O3S. The number of carbonyl (C=O) groups is 2. The van der Waals surface area contributed by atoms with Crippen LogP contribution >= 0.6 is 0 Å². The van der Waals surface area contributed by atoms with Crippen molar-refractivity contribution in [2.24, 2.45) is 5.92 Å². The highest BCUT2D eigenvalue weighted by Gasteiger charge is 2.29. The second kappa shape index (κ2) is 8.95. The van der Waals surface area contributed by atoms with E-state index in [0.29, 0.717) is 23.3 Å². The van der Waals surface area contributed by atoms with E-state index in [1.165, 1.54) is 12.5 Å². The molecule has 4 aromatic rings. The lowest BCUT2D eigenvalue weighted by molar-refractivity contribution is -0.119. The molecule has 1 amide bonds. The number of rotatable bonds is 8. The molecule has 1 aliphatic rings. The number of benzene rings is 1. The third kappa shape index (κ3) is 5.38. The number of hydrogen-bond acceptors (Lipinski definition) is 6. The van der Waals surface area contributed by atoms with Crippen LogP contribution in [-0.2, 0) is 20.9 Å². The average Bonchev–Trinajstić information content (AvgIpc) is 3.59. The van der Waals surface area contributed by atoms with Crippen LogP contribution in [0.3, 0.4) is 0 Å². The van der Waals surface area contributed by atoms with Crippen LogP contribution in [0, 0.1) is 5.92 Å². The lowest BCUT2D eigenvalue weighted by atomic mass is 10.0. The molecule has 1 fully saturated rings. The Balaban J connectivity index is 1.36. The minimum Gasteiger partial charge on any atom is -0.319 e. The van der Waals surface area contributed by atoms with Gasteiger partial charge in [-0.1, -0.05) is 6.07 Å². The predicted molar refractivity (Wildman–Crippen MR) is 138 cm³/mol. The number of carbonyl (C=O) groups excluding carboxylic acids is 2. The van der Waals surface area contributed by atoms with E-state index >= 15 is 0 Å². The van der Waals surface area contributed by atoms with Crippen LogP contribution in [0.25, 0.3) is 22.0 Å². The lowest BCUT2D eigenvalue weighted by Crippen LogP contribution is -2.14. The van der Waals surface area contributed by atoms with Gasteiger partial charge < -0.3 is 5.32 Å². The Morgan fingerprint density at radius 2 is 1.94 bits per heavy atom. The van der Waals surface area contributed by atoms with Gasteiger partial charge in [0.15, 0.2) is 5.69 Å². The van der Waals surface area contributed by atoms with E-state index in [9.17, 15) is 13.8 Å². The molecule has 3 aromatic heterocycles. The van der Waals surface area contributed by atoms with Gasteiger partial charge in [0, 0.05) is 51.6 Å². The smallest absolute Gasteiger partial charge is 0.276 e. The monoisotopic (exact) mass is 488 g/mol. The molecule has 1 aliphatic carbocycles. The van der Waals surface area contributed by atoms with E-state index in [-0.39, 0.29) is 17.4 Å². The van der Waals surface area contributed by atoms with Crippen molar-refractivity contribution in [1.29, 1.82) is 0 Å². The zero-order valence-electron chi connectivity index (χ0n) is 19.1. The maximum absolute atomic E-state index is 13.0. The van der Waals surface area contributed by atoms with Gasteiger partial charge in [-0.3, -0.25) is 24.4 Å². The second-order valence-corrected chi connectivity index (χ2v) is 11.0. The molecule has 1 aromatic carbocycles. The molecule has 35 heavy (non-hydrogen) atoms. The normalized spacial score (nSPS) is 14.9. The molecule has 3 heterocycles. The molecule has 1 atom stereocenters.